The molecule has 0 aliphatic heterocycles. The fraction of sp³-hybridized carbons (Fsp3) is 0.214. The average molecular weight is 482 g/mol. The van der Waals surface area contributed by atoms with Crippen LogP contribution in [0.3, 0.4) is 0 Å². The molecule has 1 amide bonds. The van der Waals surface area contributed by atoms with Crippen LogP contribution >= 0.6 is 0 Å². The Labute approximate surface area is 207 Å². The van der Waals surface area contributed by atoms with Crippen LogP contribution in [0.15, 0.2) is 82.4 Å². The number of fused-ring (bicyclic) bond motifs is 3. The summed E-state index contributed by atoms with van der Waals surface area (Å²) in [4.78, 5) is 39.9. The summed E-state index contributed by atoms with van der Waals surface area (Å²) in [7, 11) is 0. The van der Waals surface area contributed by atoms with Gasteiger partial charge in [0.15, 0.2) is 0 Å². The van der Waals surface area contributed by atoms with Crippen LogP contribution in [-0.4, -0.2) is 30.7 Å². The van der Waals surface area contributed by atoms with Gasteiger partial charge in [-0.25, -0.2) is 13.9 Å². The van der Waals surface area contributed by atoms with Crippen LogP contribution in [0.1, 0.15) is 40.9 Å². The molecule has 0 saturated carbocycles. The zero-order valence-electron chi connectivity index (χ0n) is 20.4. The summed E-state index contributed by atoms with van der Waals surface area (Å²) in [5.41, 5.74) is 3.03. The number of hydrogen-bond donors (Lipinski definition) is 1. The summed E-state index contributed by atoms with van der Waals surface area (Å²) >= 11 is 0. The van der Waals surface area contributed by atoms with Crippen LogP contribution in [0.25, 0.3) is 16.7 Å². The number of benzene rings is 3. The zero-order valence-corrected chi connectivity index (χ0v) is 20.4. The molecular formula is C28H27N5O3. The van der Waals surface area contributed by atoms with E-state index in [1.54, 1.807) is 18.2 Å². The molecule has 2 heterocycles. The van der Waals surface area contributed by atoms with Crippen molar-refractivity contribution in [2.24, 2.45) is 0 Å². The summed E-state index contributed by atoms with van der Waals surface area (Å²) < 4.78 is 4.31. The maximum Gasteiger partial charge on any atom is 0.352 e. The number of nitrogens with one attached hydrogen (secondary N) is 1. The number of rotatable bonds is 6. The number of nitrogens with zero attached hydrogens (tertiary/aromatic N) is 4. The third-order valence-corrected chi connectivity index (χ3v) is 6.10. The molecule has 0 unspecified atom stereocenters. The highest BCUT2D eigenvalue weighted by molar-refractivity contribution is 5.98. The summed E-state index contributed by atoms with van der Waals surface area (Å²) in [6, 6.07) is 22.2. The molecule has 3 aromatic carbocycles. The van der Waals surface area contributed by atoms with Gasteiger partial charge in [-0.05, 0) is 50.1 Å². The van der Waals surface area contributed by atoms with Gasteiger partial charge in [-0.1, -0.05) is 60.2 Å². The van der Waals surface area contributed by atoms with Gasteiger partial charge in [0.05, 0.1) is 24.0 Å². The Hall–Kier alpha value is -4.46. The number of carbonyl (C=O) groups is 1. The average Bonchev–Trinajstić information content (AvgIpc) is 3.18. The van der Waals surface area contributed by atoms with E-state index < -0.39 is 0 Å². The van der Waals surface area contributed by atoms with E-state index >= 15 is 0 Å². The fourth-order valence-corrected chi connectivity index (χ4v) is 4.28. The highest BCUT2D eigenvalue weighted by Crippen LogP contribution is 2.16. The molecule has 0 bridgehead atoms. The third kappa shape index (κ3) is 4.33. The van der Waals surface area contributed by atoms with Gasteiger partial charge in [0.25, 0.3) is 11.5 Å². The SMILES string of the molecule is Cc1ccc(Cn2c(=O)c3ccc(C(=O)NC(C)C)cc3n3c(=O)n(Cc4ccccc4)nc23)cc1. The maximum absolute atomic E-state index is 13.6. The topological polar surface area (TPSA) is 90.4 Å². The second-order valence-electron chi connectivity index (χ2n) is 9.30. The predicted molar refractivity (Wildman–Crippen MR) is 140 cm³/mol. The first-order valence-corrected chi connectivity index (χ1v) is 11.9. The minimum Gasteiger partial charge on any atom is -0.350 e. The first-order chi connectivity index (χ1) is 17.3. The Morgan fingerprint density at radius 3 is 2.31 bits per heavy atom. The van der Waals surface area contributed by atoms with E-state index in [-0.39, 0.29) is 42.1 Å². The Morgan fingerprint density at radius 2 is 1.61 bits per heavy atom. The predicted octanol–water partition coefficient (Wildman–Crippen LogP) is 3.35. The van der Waals surface area contributed by atoms with E-state index in [0.29, 0.717) is 16.5 Å². The lowest BCUT2D eigenvalue weighted by Crippen LogP contribution is -2.30. The normalized spacial score (nSPS) is 11.4. The minimum absolute atomic E-state index is 0.0490. The van der Waals surface area contributed by atoms with Crippen molar-refractivity contribution in [3.63, 3.8) is 0 Å². The van der Waals surface area contributed by atoms with Gasteiger partial charge in [-0.15, -0.1) is 5.10 Å². The monoisotopic (exact) mass is 481 g/mol. The molecule has 5 aromatic rings. The summed E-state index contributed by atoms with van der Waals surface area (Å²) in [6.45, 7) is 6.27. The first kappa shape index (κ1) is 23.3. The Bertz CT molecular complexity index is 1690. The standard InChI is InChI=1S/C28H27N5O3/c1-18(2)29-25(34)22-13-14-23-24(15-22)33-27(30-32(28(33)36)17-20-7-5-4-6-8-20)31(26(23)35)16-21-11-9-19(3)10-12-21/h4-15,18H,16-17H2,1-3H3,(H,29,34). The number of hydrogen-bond acceptors (Lipinski definition) is 4. The number of amides is 1. The van der Waals surface area contributed by atoms with Crippen LogP contribution in [0.2, 0.25) is 0 Å². The van der Waals surface area contributed by atoms with Crippen LogP contribution in [0.5, 0.6) is 0 Å². The molecular weight excluding hydrogens is 454 g/mol. The van der Waals surface area contributed by atoms with Crippen molar-refractivity contribution < 1.29 is 4.79 Å². The fourth-order valence-electron chi connectivity index (χ4n) is 4.28. The molecule has 5 rings (SSSR count). The molecule has 36 heavy (non-hydrogen) atoms. The van der Waals surface area contributed by atoms with Crippen LogP contribution in [-0.2, 0) is 13.1 Å². The van der Waals surface area contributed by atoms with Gasteiger partial charge in [-0.3, -0.25) is 14.2 Å². The lowest BCUT2D eigenvalue weighted by atomic mass is 10.1. The molecule has 1 N–H and O–H groups in total. The lowest BCUT2D eigenvalue weighted by molar-refractivity contribution is 0.0943. The lowest BCUT2D eigenvalue weighted by Gasteiger charge is -2.12. The molecule has 0 atom stereocenters. The van der Waals surface area contributed by atoms with Crippen molar-refractivity contribution in [1.29, 1.82) is 0 Å². The van der Waals surface area contributed by atoms with Crippen molar-refractivity contribution in [3.05, 3.63) is 116 Å². The second kappa shape index (κ2) is 9.30. The number of aryl methyl sites for hydroxylation is 1. The molecule has 8 heteroatoms. The Kier molecular flexibility index (Phi) is 6.01. The van der Waals surface area contributed by atoms with E-state index in [1.807, 2.05) is 75.4 Å². The van der Waals surface area contributed by atoms with Gasteiger partial charge in [0, 0.05) is 11.6 Å². The molecule has 0 fully saturated rings. The second-order valence-corrected chi connectivity index (χ2v) is 9.30. The molecule has 8 nitrogen and oxygen atoms in total. The zero-order chi connectivity index (χ0) is 25.4. The van der Waals surface area contributed by atoms with E-state index in [0.717, 1.165) is 16.7 Å². The summed E-state index contributed by atoms with van der Waals surface area (Å²) in [6.07, 6.45) is 0. The van der Waals surface area contributed by atoms with E-state index in [1.165, 1.54) is 13.6 Å². The van der Waals surface area contributed by atoms with E-state index in [2.05, 4.69) is 10.4 Å². The minimum atomic E-state index is -0.377. The van der Waals surface area contributed by atoms with Gasteiger partial charge in [-0.2, -0.15) is 0 Å². The Morgan fingerprint density at radius 1 is 0.917 bits per heavy atom. The largest absolute Gasteiger partial charge is 0.352 e. The molecule has 182 valence electrons. The van der Waals surface area contributed by atoms with E-state index in [4.69, 9.17) is 0 Å². The maximum atomic E-state index is 13.6. The third-order valence-electron chi connectivity index (χ3n) is 6.10. The van der Waals surface area contributed by atoms with Crippen molar-refractivity contribution in [1.82, 2.24) is 24.1 Å². The van der Waals surface area contributed by atoms with Crippen LogP contribution in [0, 0.1) is 6.92 Å². The first-order valence-electron chi connectivity index (χ1n) is 11.9. The van der Waals surface area contributed by atoms with Crippen molar-refractivity contribution in [2.75, 3.05) is 0 Å². The molecule has 0 aliphatic rings. The van der Waals surface area contributed by atoms with Crippen LogP contribution in [0.4, 0.5) is 0 Å². The van der Waals surface area contributed by atoms with Crippen molar-refractivity contribution in [2.45, 2.75) is 39.9 Å². The van der Waals surface area contributed by atoms with Crippen LogP contribution < -0.4 is 16.6 Å². The molecule has 0 spiro atoms. The van der Waals surface area contributed by atoms with Crippen molar-refractivity contribution in [3.8, 4) is 0 Å². The molecule has 2 aromatic heterocycles. The number of aromatic nitrogens is 4. The van der Waals surface area contributed by atoms with Crippen molar-refractivity contribution >= 4 is 22.6 Å². The highest BCUT2D eigenvalue weighted by Gasteiger charge is 2.19. The summed E-state index contributed by atoms with van der Waals surface area (Å²) in [5, 5.41) is 7.79. The van der Waals surface area contributed by atoms with Gasteiger partial charge in [0.1, 0.15) is 0 Å². The van der Waals surface area contributed by atoms with Gasteiger partial charge >= 0.3 is 5.69 Å². The Balaban J connectivity index is 1.75. The molecule has 0 saturated heterocycles. The highest BCUT2D eigenvalue weighted by atomic mass is 16.2. The molecule has 0 radical (unpaired) electrons. The van der Waals surface area contributed by atoms with Gasteiger partial charge in [0.2, 0.25) is 5.78 Å². The summed E-state index contributed by atoms with van der Waals surface area (Å²) in [5.74, 6) is -0.0379. The molecule has 0 aliphatic carbocycles. The number of carbonyl (C=O) groups excluding carboxylic acids is 1. The quantitative estimate of drug-likeness (QED) is 0.403. The van der Waals surface area contributed by atoms with E-state index in [9.17, 15) is 14.4 Å². The van der Waals surface area contributed by atoms with Gasteiger partial charge < -0.3 is 5.32 Å². The smallest absolute Gasteiger partial charge is 0.350 e.